The van der Waals surface area contributed by atoms with Crippen molar-refractivity contribution in [2.75, 3.05) is 0 Å². The molecule has 2 atom stereocenters. The van der Waals surface area contributed by atoms with Gasteiger partial charge in [-0.05, 0) is 32.8 Å². The van der Waals surface area contributed by atoms with Crippen molar-refractivity contribution in [3.05, 3.63) is 35.9 Å². The summed E-state index contributed by atoms with van der Waals surface area (Å²) in [6.45, 7) is 6.10. The molecule has 2 rings (SSSR count). The van der Waals surface area contributed by atoms with Crippen LogP contribution in [0.15, 0.2) is 30.3 Å². The van der Waals surface area contributed by atoms with E-state index in [1.807, 2.05) is 44.2 Å². The number of carbonyl (C=O) groups excluding carboxylic acids is 1. The van der Waals surface area contributed by atoms with Gasteiger partial charge in [-0.3, -0.25) is 10.2 Å². The number of carbonyl (C=O) groups is 1. The van der Waals surface area contributed by atoms with Gasteiger partial charge in [-0.15, -0.1) is 0 Å². The number of rotatable bonds is 3. The lowest BCUT2D eigenvalue weighted by molar-refractivity contribution is -0.124. The molecule has 4 nitrogen and oxygen atoms in total. The Morgan fingerprint density at radius 1 is 1.28 bits per heavy atom. The minimum Gasteiger partial charge on any atom is -0.346 e. The molecule has 3 N–H and O–H groups in total. The molecule has 0 saturated carbocycles. The van der Waals surface area contributed by atoms with E-state index in [9.17, 15) is 4.79 Å². The molecule has 1 aromatic carbocycles. The van der Waals surface area contributed by atoms with Crippen molar-refractivity contribution in [1.29, 1.82) is 0 Å². The van der Waals surface area contributed by atoms with Gasteiger partial charge in [0.25, 0.3) is 0 Å². The van der Waals surface area contributed by atoms with Crippen molar-refractivity contribution >= 4 is 5.91 Å². The van der Waals surface area contributed by atoms with E-state index >= 15 is 0 Å². The smallest absolute Gasteiger partial charge is 0.239 e. The number of benzene rings is 1. The molecular formula is C14H21N3O. The molecule has 1 amide bonds. The van der Waals surface area contributed by atoms with E-state index in [2.05, 4.69) is 23.1 Å². The quantitative estimate of drug-likeness (QED) is 0.754. The molecule has 1 aliphatic rings. The number of amides is 1. The number of hydrogen-bond donors (Lipinski definition) is 3. The molecule has 1 aliphatic heterocycles. The predicted molar refractivity (Wildman–Crippen MR) is 71.7 cm³/mol. The number of nitrogens with one attached hydrogen (secondary N) is 3. The van der Waals surface area contributed by atoms with Crippen LogP contribution in [0, 0.1) is 0 Å². The molecule has 4 heteroatoms. The lowest BCUT2D eigenvalue weighted by Gasteiger charge is -2.28. The van der Waals surface area contributed by atoms with Crippen molar-refractivity contribution in [3.8, 4) is 0 Å². The van der Waals surface area contributed by atoms with Crippen molar-refractivity contribution in [3.63, 3.8) is 0 Å². The van der Waals surface area contributed by atoms with Crippen LogP contribution in [0.3, 0.4) is 0 Å². The van der Waals surface area contributed by atoms with E-state index in [1.54, 1.807) is 0 Å². The molecule has 0 radical (unpaired) electrons. The topological polar surface area (TPSA) is 53.2 Å². The Balaban J connectivity index is 2.02. The van der Waals surface area contributed by atoms with Crippen LogP contribution in [0.25, 0.3) is 0 Å². The zero-order chi connectivity index (χ0) is 13.2. The first-order valence-corrected chi connectivity index (χ1v) is 6.37. The highest BCUT2D eigenvalue weighted by molar-refractivity contribution is 5.82. The second-order valence-corrected chi connectivity index (χ2v) is 5.46. The van der Waals surface area contributed by atoms with Crippen LogP contribution in [-0.4, -0.2) is 18.0 Å². The van der Waals surface area contributed by atoms with Gasteiger partial charge in [-0.1, -0.05) is 30.3 Å². The number of hydrogen-bond acceptors (Lipinski definition) is 3. The number of hydrazine groups is 1. The Morgan fingerprint density at radius 2 is 1.94 bits per heavy atom. The summed E-state index contributed by atoms with van der Waals surface area (Å²) in [6, 6.07) is 10.2. The minimum absolute atomic E-state index is 0.0423. The third kappa shape index (κ3) is 2.89. The van der Waals surface area contributed by atoms with E-state index in [0.717, 1.165) is 12.0 Å². The molecule has 1 fully saturated rings. The van der Waals surface area contributed by atoms with Gasteiger partial charge in [-0.2, -0.15) is 0 Å². The largest absolute Gasteiger partial charge is 0.346 e. The highest BCUT2D eigenvalue weighted by atomic mass is 16.2. The summed E-state index contributed by atoms with van der Waals surface area (Å²) in [5, 5.41) is 3.09. The van der Waals surface area contributed by atoms with Crippen LogP contribution >= 0.6 is 0 Å². The highest BCUT2D eigenvalue weighted by Gasteiger charge is 2.31. The van der Waals surface area contributed by atoms with E-state index in [1.165, 1.54) is 0 Å². The monoisotopic (exact) mass is 247 g/mol. The Bertz CT molecular complexity index is 416. The van der Waals surface area contributed by atoms with E-state index in [-0.39, 0.29) is 17.5 Å². The van der Waals surface area contributed by atoms with Gasteiger partial charge in [0.05, 0.1) is 5.54 Å². The molecule has 0 spiro atoms. The van der Waals surface area contributed by atoms with Crippen LogP contribution in [0.1, 0.15) is 32.8 Å². The summed E-state index contributed by atoms with van der Waals surface area (Å²) in [7, 11) is 0. The minimum atomic E-state index is -0.355. The molecule has 0 aliphatic carbocycles. The maximum atomic E-state index is 12.2. The van der Waals surface area contributed by atoms with Gasteiger partial charge < -0.3 is 5.32 Å². The molecule has 18 heavy (non-hydrogen) atoms. The zero-order valence-corrected chi connectivity index (χ0v) is 11.2. The lowest BCUT2D eigenvalue weighted by atomic mass is 9.93. The second kappa shape index (κ2) is 5.08. The maximum absolute atomic E-state index is 12.2. The summed E-state index contributed by atoms with van der Waals surface area (Å²) < 4.78 is 0. The third-order valence-corrected chi connectivity index (χ3v) is 3.34. The van der Waals surface area contributed by atoms with Crippen molar-refractivity contribution < 1.29 is 4.79 Å². The fourth-order valence-corrected chi connectivity index (χ4v) is 2.21. The van der Waals surface area contributed by atoms with Crippen molar-refractivity contribution in [2.24, 2.45) is 0 Å². The Hall–Kier alpha value is -1.39. The van der Waals surface area contributed by atoms with Crippen LogP contribution in [0.2, 0.25) is 0 Å². The molecule has 98 valence electrons. The van der Waals surface area contributed by atoms with Gasteiger partial charge in [0.1, 0.15) is 6.04 Å². The fraction of sp³-hybridized carbons (Fsp3) is 0.500. The van der Waals surface area contributed by atoms with E-state index in [4.69, 9.17) is 0 Å². The summed E-state index contributed by atoms with van der Waals surface area (Å²) in [4.78, 5) is 12.2. The van der Waals surface area contributed by atoms with Crippen LogP contribution in [-0.2, 0) is 10.3 Å². The van der Waals surface area contributed by atoms with E-state index in [0.29, 0.717) is 6.04 Å². The maximum Gasteiger partial charge on any atom is 0.239 e. The molecule has 1 saturated heterocycles. The SMILES string of the molecule is CC1CC(C(=O)NC(C)(C)c2ccccc2)NN1. The van der Waals surface area contributed by atoms with Crippen LogP contribution in [0.5, 0.6) is 0 Å². The Kier molecular flexibility index (Phi) is 3.68. The summed E-state index contributed by atoms with van der Waals surface area (Å²) in [5.41, 5.74) is 6.84. The first-order chi connectivity index (χ1) is 8.49. The average Bonchev–Trinajstić information content (AvgIpc) is 2.77. The van der Waals surface area contributed by atoms with Gasteiger partial charge >= 0.3 is 0 Å². The van der Waals surface area contributed by atoms with Gasteiger partial charge in [-0.25, -0.2) is 5.43 Å². The first kappa shape index (κ1) is 13.1. The molecule has 0 aromatic heterocycles. The van der Waals surface area contributed by atoms with Crippen molar-refractivity contribution in [2.45, 2.75) is 44.8 Å². The summed E-state index contributed by atoms with van der Waals surface area (Å²) in [6.07, 6.45) is 0.816. The van der Waals surface area contributed by atoms with Gasteiger partial charge in [0.15, 0.2) is 0 Å². The van der Waals surface area contributed by atoms with Crippen LogP contribution < -0.4 is 16.2 Å². The van der Waals surface area contributed by atoms with Crippen LogP contribution in [0.4, 0.5) is 0 Å². The molecular weight excluding hydrogens is 226 g/mol. The molecule has 2 unspecified atom stereocenters. The van der Waals surface area contributed by atoms with E-state index < -0.39 is 0 Å². The Morgan fingerprint density at radius 3 is 2.50 bits per heavy atom. The second-order valence-electron chi connectivity index (χ2n) is 5.46. The molecule has 1 aromatic rings. The lowest BCUT2D eigenvalue weighted by Crippen LogP contribution is -2.49. The van der Waals surface area contributed by atoms with Crippen molar-refractivity contribution in [1.82, 2.24) is 16.2 Å². The third-order valence-electron chi connectivity index (χ3n) is 3.34. The average molecular weight is 247 g/mol. The first-order valence-electron chi connectivity index (χ1n) is 6.37. The summed E-state index contributed by atoms with van der Waals surface area (Å²) >= 11 is 0. The fourth-order valence-electron chi connectivity index (χ4n) is 2.21. The van der Waals surface area contributed by atoms with Gasteiger partial charge in [0, 0.05) is 6.04 Å². The normalized spacial score (nSPS) is 23.9. The highest BCUT2D eigenvalue weighted by Crippen LogP contribution is 2.20. The summed E-state index contributed by atoms with van der Waals surface area (Å²) in [5.74, 6) is 0.0423. The molecule has 1 heterocycles. The van der Waals surface area contributed by atoms with Gasteiger partial charge in [0.2, 0.25) is 5.91 Å². The standard InChI is InChI=1S/C14H21N3O/c1-10-9-12(17-16-10)13(18)15-14(2,3)11-7-5-4-6-8-11/h4-8,10,12,16-17H,9H2,1-3H3,(H,15,18). The molecule has 0 bridgehead atoms. The zero-order valence-electron chi connectivity index (χ0n) is 11.2. The Labute approximate surface area is 108 Å². The predicted octanol–water partition coefficient (Wildman–Crippen LogP) is 1.29.